The molecule has 1 amide bonds. The van der Waals surface area contributed by atoms with Crippen LogP contribution in [-0.4, -0.2) is 52.2 Å². The van der Waals surface area contributed by atoms with Crippen LogP contribution in [0.3, 0.4) is 0 Å². The molecule has 150 valence electrons. The van der Waals surface area contributed by atoms with Crippen molar-refractivity contribution < 1.29 is 9.53 Å². The van der Waals surface area contributed by atoms with Crippen LogP contribution < -0.4 is 5.32 Å². The topological polar surface area (TPSA) is 59.4 Å². The third kappa shape index (κ3) is 3.65. The summed E-state index contributed by atoms with van der Waals surface area (Å²) < 4.78 is 7.67. The third-order valence-corrected chi connectivity index (χ3v) is 6.57. The van der Waals surface area contributed by atoms with Crippen molar-refractivity contribution in [3.63, 3.8) is 0 Å². The van der Waals surface area contributed by atoms with E-state index in [0.717, 1.165) is 63.0 Å². The lowest BCUT2D eigenvalue weighted by atomic mass is 10.0. The van der Waals surface area contributed by atoms with E-state index in [4.69, 9.17) is 21.3 Å². The van der Waals surface area contributed by atoms with Crippen LogP contribution in [-0.2, 0) is 16.1 Å². The maximum absolute atomic E-state index is 13.1. The second kappa shape index (κ2) is 7.65. The van der Waals surface area contributed by atoms with Crippen molar-refractivity contribution >= 4 is 34.5 Å². The predicted octanol–water partition coefficient (Wildman–Crippen LogP) is 3.68. The zero-order valence-electron chi connectivity index (χ0n) is 16.1. The van der Waals surface area contributed by atoms with Crippen LogP contribution >= 0.6 is 11.6 Å². The van der Waals surface area contributed by atoms with Crippen LogP contribution in [0.25, 0.3) is 11.0 Å². The monoisotopic (exact) mass is 402 g/mol. The Bertz CT molecular complexity index is 873. The molecule has 1 atom stereocenters. The molecule has 0 spiro atoms. The van der Waals surface area contributed by atoms with Gasteiger partial charge in [-0.05, 0) is 69.2 Å². The quantitative estimate of drug-likeness (QED) is 0.828. The van der Waals surface area contributed by atoms with E-state index in [1.165, 1.54) is 12.8 Å². The molecule has 1 aromatic carbocycles. The highest BCUT2D eigenvalue weighted by molar-refractivity contribution is 6.31. The fourth-order valence-electron chi connectivity index (χ4n) is 4.68. The summed E-state index contributed by atoms with van der Waals surface area (Å²) in [7, 11) is 0. The van der Waals surface area contributed by atoms with Gasteiger partial charge in [0.15, 0.2) is 0 Å². The summed E-state index contributed by atoms with van der Waals surface area (Å²) in [6.07, 6.45) is 6.57. The number of fused-ring (bicyclic) bond motifs is 1. The van der Waals surface area contributed by atoms with E-state index in [-0.39, 0.29) is 11.9 Å². The summed E-state index contributed by atoms with van der Waals surface area (Å²) in [5.74, 6) is 1.27. The van der Waals surface area contributed by atoms with E-state index >= 15 is 0 Å². The second-order valence-corrected chi connectivity index (χ2v) is 8.79. The van der Waals surface area contributed by atoms with Crippen LogP contribution in [0.15, 0.2) is 18.2 Å². The molecule has 0 radical (unpaired) electrons. The summed E-state index contributed by atoms with van der Waals surface area (Å²) in [6, 6.07) is 6.36. The van der Waals surface area contributed by atoms with Gasteiger partial charge in [-0.25, -0.2) is 4.98 Å². The van der Waals surface area contributed by atoms with Crippen LogP contribution in [0, 0.1) is 5.92 Å². The minimum atomic E-state index is -0.0209. The molecule has 2 aromatic rings. The number of halogens is 1. The first kappa shape index (κ1) is 18.4. The zero-order valence-corrected chi connectivity index (χ0v) is 16.8. The molecule has 1 saturated carbocycles. The van der Waals surface area contributed by atoms with Gasteiger partial charge < -0.3 is 9.30 Å². The van der Waals surface area contributed by atoms with E-state index in [1.807, 2.05) is 18.2 Å². The van der Waals surface area contributed by atoms with Crippen molar-refractivity contribution in [3.05, 3.63) is 23.2 Å². The highest BCUT2D eigenvalue weighted by Gasteiger charge is 2.40. The Labute approximate surface area is 170 Å². The van der Waals surface area contributed by atoms with Gasteiger partial charge in [0.05, 0.1) is 17.1 Å². The molecule has 28 heavy (non-hydrogen) atoms. The minimum absolute atomic E-state index is 0.0209. The molecule has 7 heteroatoms. The fourth-order valence-corrected chi connectivity index (χ4v) is 4.84. The average Bonchev–Trinajstić information content (AvgIpc) is 3.33. The number of benzene rings is 1. The van der Waals surface area contributed by atoms with Crippen molar-refractivity contribution in [1.82, 2.24) is 14.5 Å². The maximum atomic E-state index is 13.1. The Kier molecular flexibility index (Phi) is 5.03. The molecular formula is C21H27ClN4O2. The van der Waals surface area contributed by atoms with E-state index in [2.05, 4.69) is 14.8 Å². The van der Waals surface area contributed by atoms with E-state index in [1.54, 1.807) is 0 Å². The highest BCUT2D eigenvalue weighted by Crippen LogP contribution is 2.34. The number of nitrogens with one attached hydrogen (secondary N) is 1. The Morgan fingerprint density at radius 1 is 1.21 bits per heavy atom. The first-order valence-corrected chi connectivity index (χ1v) is 10.9. The van der Waals surface area contributed by atoms with E-state index in [9.17, 15) is 4.79 Å². The summed E-state index contributed by atoms with van der Waals surface area (Å²) >= 11 is 6.18. The normalized spacial score (nSPS) is 24.1. The number of anilines is 1. The lowest BCUT2D eigenvalue weighted by Crippen LogP contribution is -2.41. The molecule has 1 aromatic heterocycles. The van der Waals surface area contributed by atoms with Crippen LogP contribution in [0.1, 0.15) is 38.5 Å². The molecule has 3 aliphatic rings. The number of aromatic nitrogens is 2. The number of likely N-dealkylation sites (tertiary alicyclic amines) is 1. The SMILES string of the molecule is O=C(Nc1nc2cc(Cl)ccc2n1CC1CCOCC1)C1CCCN1C1CC1. The van der Waals surface area contributed by atoms with Gasteiger partial charge in [0.1, 0.15) is 0 Å². The largest absolute Gasteiger partial charge is 0.381 e. The van der Waals surface area contributed by atoms with Gasteiger partial charge >= 0.3 is 0 Å². The molecule has 1 aliphatic carbocycles. The third-order valence-electron chi connectivity index (χ3n) is 6.34. The number of nitrogens with zero attached hydrogens (tertiary/aromatic N) is 3. The number of hydrogen-bond donors (Lipinski definition) is 1. The number of ether oxygens (including phenoxy) is 1. The first-order chi connectivity index (χ1) is 13.7. The van der Waals surface area contributed by atoms with Gasteiger partial charge in [0, 0.05) is 30.8 Å². The number of amides is 1. The summed E-state index contributed by atoms with van der Waals surface area (Å²) in [6.45, 7) is 3.50. The van der Waals surface area contributed by atoms with Gasteiger partial charge in [-0.1, -0.05) is 11.6 Å². The molecule has 1 N–H and O–H groups in total. The van der Waals surface area contributed by atoms with Crippen molar-refractivity contribution in [1.29, 1.82) is 0 Å². The van der Waals surface area contributed by atoms with Crippen LogP contribution in [0.2, 0.25) is 5.02 Å². The lowest BCUT2D eigenvalue weighted by molar-refractivity contribution is -0.120. The number of carbonyl (C=O) groups excluding carboxylic acids is 1. The molecular weight excluding hydrogens is 376 g/mol. The van der Waals surface area contributed by atoms with Crippen LogP contribution in [0.5, 0.6) is 0 Å². The Morgan fingerprint density at radius 2 is 2.04 bits per heavy atom. The number of hydrogen-bond acceptors (Lipinski definition) is 4. The molecule has 0 bridgehead atoms. The molecule has 3 fully saturated rings. The van der Waals surface area contributed by atoms with Gasteiger partial charge in [0.2, 0.25) is 11.9 Å². The van der Waals surface area contributed by atoms with Gasteiger partial charge in [-0.3, -0.25) is 15.0 Å². The Balaban J connectivity index is 1.42. The van der Waals surface area contributed by atoms with E-state index in [0.29, 0.717) is 22.9 Å². The molecule has 5 rings (SSSR count). The molecule has 2 aliphatic heterocycles. The van der Waals surface area contributed by atoms with Gasteiger partial charge in [-0.2, -0.15) is 0 Å². The van der Waals surface area contributed by atoms with Crippen molar-refractivity contribution in [2.75, 3.05) is 25.1 Å². The van der Waals surface area contributed by atoms with Crippen LogP contribution in [0.4, 0.5) is 5.95 Å². The smallest absolute Gasteiger partial charge is 0.244 e. The predicted molar refractivity (Wildman–Crippen MR) is 110 cm³/mol. The number of imidazole rings is 1. The summed E-state index contributed by atoms with van der Waals surface area (Å²) in [4.78, 5) is 20.2. The van der Waals surface area contributed by atoms with Gasteiger partial charge in [0.25, 0.3) is 0 Å². The lowest BCUT2D eigenvalue weighted by Gasteiger charge is -2.25. The summed E-state index contributed by atoms with van der Waals surface area (Å²) in [5.41, 5.74) is 1.86. The highest BCUT2D eigenvalue weighted by atomic mass is 35.5. The Morgan fingerprint density at radius 3 is 2.82 bits per heavy atom. The Hall–Kier alpha value is -1.63. The molecule has 1 unspecified atom stereocenters. The average molecular weight is 403 g/mol. The zero-order chi connectivity index (χ0) is 19.1. The van der Waals surface area contributed by atoms with Crippen molar-refractivity contribution in [3.8, 4) is 0 Å². The second-order valence-electron chi connectivity index (χ2n) is 8.35. The number of rotatable bonds is 5. The first-order valence-electron chi connectivity index (χ1n) is 10.5. The molecule has 2 saturated heterocycles. The maximum Gasteiger partial charge on any atom is 0.244 e. The summed E-state index contributed by atoms with van der Waals surface area (Å²) in [5, 5.41) is 3.82. The standard InChI is InChI=1S/C21H27ClN4O2/c22-15-3-6-18-17(12-15)23-21(26(18)13-14-7-10-28-11-8-14)24-20(27)19-2-1-9-25(19)16-4-5-16/h3,6,12,14,16,19H,1-2,4-5,7-11,13H2,(H,23,24,27). The van der Waals surface area contributed by atoms with Crippen molar-refractivity contribution in [2.45, 2.75) is 57.2 Å². The molecule has 6 nitrogen and oxygen atoms in total. The van der Waals surface area contributed by atoms with Gasteiger partial charge in [-0.15, -0.1) is 0 Å². The van der Waals surface area contributed by atoms with E-state index < -0.39 is 0 Å². The number of carbonyl (C=O) groups is 1. The minimum Gasteiger partial charge on any atom is -0.381 e. The van der Waals surface area contributed by atoms with Crippen molar-refractivity contribution in [2.24, 2.45) is 5.92 Å². The fraction of sp³-hybridized carbons (Fsp3) is 0.619. The molecule has 3 heterocycles.